The van der Waals surface area contributed by atoms with Gasteiger partial charge in [-0.2, -0.15) is 5.10 Å². The van der Waals surface area contributed by atoms with Gasteiger partial charge in [-0.05, 0) is 30.7 Å². The van der Waals surface area contributed by atoms with Crippen molar-refractivity contribution in [2.45, 2.75) is 19.4 Å². The second-order valence-electron chi connectivity index (χ2n) is 4.42. The number of aryl methyl sites for hydroxylation is 1. The maximum Gasteiger partial charge on any atom is 0.0492 e. The predicted molar refractivity (Wildman–Crippen MR) is 74.8 cm³/mol. The molecule has 0 aliphatic heterocycles. The van der Waals surface area contributed by atoms with Crippen LogP contribution in [0.2, 0.25) is 5.02 Å². The molecule has 1 heterocycles. The van der Waals surface area contributed by atoms with E-state index in [0.29, 0.717) is 6.04 Å². The van der Waals surface area contributed by atoms with Crippen molar-refractivity contribution in [1.82, 2.24) is 15.1 Å². The molecule has 0 amide bonds. The number of nitrogens with one attached hydrogen (secondary N) is 1. The Morgan fingerprint density at radius 3 is 2.61 bits per heavy atom. The van der Waals surface area contributed by atoms with E-state index >= 15 is 0 Å². The second kappa shape index (κ2) is 6.03. The number of nitrogens with zero attached hydrogens (tertiary/aromatic N) is 2. The first-order valence-electron chi connectivity index (χ1n) is 6.12. The summed E-state index contributed by atoms with van der Waals surface area (Å²) in [5.41, 5.74) is 2.50. The maximum atomic E-state index is 5.88. The van der Waals surface area contributed by atoms with Crippen LogP contribution in [0.25, 0.3) is 0 Å². The Morgan fingerprint density at radius 2 is 2.00 bits per heavy atom. The summed E-state index contributed by atoms with van der Waals surface area (Å²) in [5.74, 6) is 0. The van der Waals surface area contributed by atoms with Crippen LogP contribution in [-0.2, 0) is 13.5 Å². The minimum absolute atomic E-state index is 0.329. The fourth-order valence-corrected chi connectivity index (χ4v) is 2.06. The highest BCUT2D eigenvalue weighted by Crippen LogP contribution is 2.15. The van der Waals surface area contributed by atoms with E-state index in [1.165, 1.54) is 11.3 Å². The quantitative estimate of drug-likeness (QED) is 0.899. The van der Waals surface area contributed by atoms with Crippen molar-refractivity contribution in [3.63, 3.8) is 0 Å². The lowest BCUT2D eigenvalue weighted by Crippen LogP contribution is -2.22. The van der Waals surface area contributed by atoms with E-state index in [1.54, 1.807) is 0 Å². The molecular weight excluding hydrogens is 246 g/mol. The molecule has 0 spiro atoms. The van der Waals surface area contributed by atoms with Gasteiger partial charge in [0.05, 0.1) is 0 Å². The summed E-state index contributed by atoms with van der Waals surface area (Å²) in [4.78, 5) is 0. The number of rotatable bonds is 5. The number of benzene rings is 1. The molecule has 0 bridgehead atoms. The number of halogens is 1. The largest absolute Gasteiger partial charge is 0.310 e. The molecule has 1 aromatic heterocycles. The lowest BCUT2D eigenvalue weighted by Gasteiger charge is -2.14. The summed E-state index contributed by atoms with van der Waals surface area (Å²) in [6.07, 6.45) is 2.81. The van der Waals surface area contributed by atoms with E-state index in [-0.39, 0.29) is 0 Å². The van der Waals surface area contributed by atoms with Crippen LogP contribution in [0.5, 0.6) is 0 Å². The van der Waals surface area contributed by atoms with Crippen molar-refractivity contribution in [3.8, 4) is 0 Å². The van der Waals surface area contributed by atoms with Crippen molar-refractivity contribution in [2.24, 2.45) is 7.05 Å². The van der Waals surface area contributed by atoms with E-state index in [9.17, 15) is 0 Å². The average molecular weight is 264 g/mol. The van der Waals surface area contributed by atoms with Crippen LogP contribution in [-0.4, -0.2) is 16.3 Å². The van der Waals surface area contributed by atoms with Gasteiger partial charge >= 0.3 is 0 Å². The summed E-state index contributed by atoms with van der Waals surface area (Å²) in [6, 6.07) is 10.4. The van der Waals surface area contributed by atoms with Gasteiger partial charge in [-0.3, -0.25) is 4.68 Å². The van der Waals surface area contributed by atoms with Crippen LogP contribution in [0, 0.1) is 0 Å². The minimum Gasteiger partial charge on any atom is -0.310 e. The van der Waals surface area contributed by atoms with Gasteiger partial charge in [0.2, 0.25) is 0 Å². The van der Waals surface area contributed by atoms with Crippen LogP contribution in [0.1, 0.15) is 24.2 Å². The first kappa shape index (κ1) is 13.1. The van der Waals surface area contributed by atoms with E-state index in [4.69, 9.17) is 11.6 Å². The SMILES string of the molecule is C[C@H](NCCc1ccnn1C)c1ccc(Cl)cc1. The van der Waals surface area contributed by atoms with Crippen molar-refractivity contribution in [3.05, 3.63) is 52.8 Å². The zero-order chi connectivity index (χ0) is 13.0. The summed E-state index contributed by atoms with van der Waals surface area (Å²) in [5, 5.41) is 8.43. The molecule has 0 radical (unpaired) electrons. The lowest BCUT2D eigenvalue weighted by atomic mass is 10.1. The van der Waals surface area contributed by atoms with Crippen molar-refractivity contribution in [1.29, 1.82) is 0 Å². The first-order valence-corrected chi connectivity index (χ1v) is 6.50. The molecule has 0 unspecified atom stereocenters. The molecule has 0 aliphatic carbocycles. The molecule has 2 rings (SSSR count). The van der Waals surface area contributed by atoms with Gasteiger partial charge in [0.1, 0.15) is 0 Å². The van der Waals surface area contributed by atoms with Gasteiger partial charge in [0, 0.05) is 43.0 Å². The summed E-state index contributed by atoms with van der Waals surface area (Å²) < 4.78 is 1.91. The Bertz CT molecular complexity index is 490. The van der Waals surface area contributed by atoms with Crippen LogP contribution in [0.3, 0.4) is 0 Å². The van der Waals surface area contributed by atoms with E-state index in [1.807, 2.05) is 30.1 Å². The molecule has 0 aliphatic rings. The predicted octanol–water partition coefficient (Wildman–Crippen LogP) is 2.97. The van der Waals surface area contributed by atoms with Crippen LogP contribution >= 0.6 is 11.6 Å². The highest BCUT2D eigenvalue weighted by Gasteiger charge is 2.05. The van der Waals surface area contributed by atoms with Crippen molar-refractivity contribution in [2.75, 3.05) is 6.54 Å². The van der Waals surface area contributed by atoms with E-state index in [0.717, 1.165) is 18.0 Å². The summed E-state index contributed by atoms with van der Waals surface area (Å²) >= 11 is 5.88. The monoisotopic (exact) mass is 263 g/mol. The van der Waals surface area contributed by atoms with Crippen LogP contribution in [0.15, 0.2) is 36.5 Å². The standard InChI is InChI=1S/C14H18ClN3/c1-11(12-3-5-13(15)6-4-12)16-9-7-14-8-10-17-18(14)2/h3-6,8,10-11,16H,7,9H2,1-2H3/t11-/m0/s1. The van der Waals surface area contributed by atoms with Gasteiger partial charge in [-0.25, -0.2) is 0 Å². The minimum atomic E-state index is 0.329. The van der Waals surface area contributed by atoms with Gasteiger partial charge < -0.3 is 5.32 Å². The number of aromatic nitrogens is 2. The van der Waals surface area contributed by atoms with E-state index in [2.05, 4.69) is 35.5 Å². The molecule has 96 valence electrons. The Morgan fingerprint density at radius 1 is 1.28 bits per heavy atom. The normalized spacial score (nSPS) is 12.6. The van der Waals surface area contributed by atoms with E-state index < -0.39 is 0 Å². The van der Waals surface area contributed by atoms with Gasteiger partial charge in [0.15, 0.2) is 0 Å². The Balaban J connectivity index is 1.83. The number of hydrogen-bond donors (Lipinski definition) is 1. The van der Waals surface area contributed by atoms with Gasteiger partial charge in [-0.15, -0.1) is 0 Å². The Labute approximate surface area is 113 Å². The molecule has 3 nitrogen and oxygen atoms in total. The average Bonchev–Trinajstić information content (AvgIpc) is 2.76. The summed E-state index contributed by atoms with van der Waals surface area (Å²) in [7, 11) is 1.97. The second-order valence-corrected chi connectivity index (χ2v) is 4.86. The number of hydrogen-bond acceptors (Lipinski definition) is 2. The molecule has 1 aromatic carbocycles. The zero-order valence-corrected chi connectivity index (χ0v) is 11.5. The van der Waals surface area contributed by atoms with Gasteiger partial charge in [-0.1, -0.05) is 23.7 Å². The topological polar surface area (TPSA) is 29.9 Å². The molecule has 4 heteroatoms. The molecule has 0 saturated heterocycles. The van der Waals surface area contributed by atoms with Crippen LogP contribution < -0.4 is 5.32 Å². The molecule has 0 saturated carbocycles. The maximum absolute atomic E-state index is 5.88. The summed E-state index contributed by atoms with van der Waals surface area (Å²) in [6.45, 7) is 3.09. The lowest BCUT2D eigenvalue weighted by molar-refractivity contribution is 0.564. The molecule has 1 atom stereocenters. The Kier molecular flexibility index (Phi) is 4.39. The zero-order valence-electron chi connectivity index (χ0n) is 10.7. The molecular formula is C14H18ClN3. The fraction of sp³-hybridized carbons (Fsp3) is 0.357. The van der Waals surface area contributed by atoms with Crippen molar-refractivity contribution < 1.29 is 0 Å². The van der Waals surface area contributed by atoms with Gasteiger partial charge in [0.25, 0.3) is 0 Å². The molecule has 18 heavy (non-hydrogen) atoms. The van der Waals surface area contributed by atoms with Crippen molar-refractivity contribution >= 4 is 11.6 Å². The third-order valence-electron chi connectivity index (χ3n) is 3.12. The molecule has 2 aromatic rings. The van der Waals surface area contributed by atoms with Crippen LogP contribution in [0.4, 0.5) is 0 Å². The highest BCUT2D eigenvalue weighted by molar-refractivity contribution is 6.30. The molecule has 0 fully saturated rings. The molecule has 1 N–H and O–H groups in total. The fourth-order valence-electron chi connectivity index (χ4n) is 1.93. The third-order valence-corrected chi connectivity index (χ3v) is 3.38. The first-order chi connectivity index (χ1) is 8.66. The highest BCUT2D eigenvalue weighted by atomic mass is 35.5. The smallest absolute Gasteiger partial charge is 0.0492 e. The third kappa shape index (κ3) is 3.34. The Hall–Kier alpha value is -1.32.